The van der Waals surface area contributed by atoms with E-state index in [0.717, 1.165) is 11.3 Å². The van der Waals surface area contributed by atoms with Gasteiger partial charge >= 0.3 is 5.97 Å². The molecule has 0 aliphatic carbocycles. The van der Waals surface area contributed by atoms with Gasteiger partial charge in [0.2, 0.25) is 0 Å². The van der Waals surface area contributed by atoms with Gasteiger partial charge in [0.25, 0.3) is 0 Å². The highest BCUT2D eigenvalue weighted by atomic mass is 16.6. The summed E-state index contributed by atoms with van der Waals surface area (Å²) in [6.07, 6.45) is 0. The number of rotatable bonds is 3. The Kier molecular flexibility index (Phi) is 2.81. The fourth-order valence-corrected chi connectivity index (χ4v) is 1.59. The first kappa shape index (κ1) is 10.5. The third kappa shape index (κ3) is 1.74. The van der Waals surface area contributed by atoms with Crippen LogP contribution in [0.5, 0.6) is 5.75 Å². The van der Waals surface area contributed by atoms with Gasteiger partial charge in [-0.15, -0.1) is 0 Å². The lowest BCUT2D eigenvalue weighted by molar-refractivity contribution is -0.134. The number of carbonyl (C=O) groups excluding carboxylic acids is 1. The number of esters is 1. The molecule has 0 radical (unpaired) electrons. The number of methoxy groups -OCH3 is 2. The molecule has 0 saturated carbocycles. The molecule has 4 nitrogen and oxygen atoms in total. The van der Waals surface area contributed by atoms with Crippen LogP contribution in [-0.4, -0.2) is 26.8 Å². The van der Waals surface area contributed by atoms with Crippen molar-refractivity contribution in [2.45, 2.75) is 0 Å². The number of benzene rings is 1. The summed E-state index contributed by atoms with van der Waals surface area (Å²) < 4.78 is 15.1. The molecule has 0 amide bonds. The maximum Gasteiger partial charge on any atom is 0.342 e. The lowest BCUT2D eigenvalue weighted by Gasteiger charge is -2.04. The minimum absolute atomic E-state index is 0.205. The zero-order valence-electron chi connectivity index (χ0n) is 9.15. The van der Waals surface area contributed by atoms with Crippen LogP contribution in [0.15, 0.2) is 30.0 Å². The minimum atomic E-state index is -0.345. The monoisotopic (exact) mass is 220 g/mol. The molecule has 0 N–H and O–H groups in total. The smallest absolute Gasteiger partial charge is 0.342 e. The zero-order chi connectivity index (χ0) is 11.5. The molecule has 0 bridgehead atoms. The van der Waals surface area contributed by atoms with Crippen molar-refractivity contribution in [1.82, 2.24) is 0 Å². The standard InChI is InChI=1S/C12H12O4/c1-14-9-5-3-8(4-6-9)11-10(15-2)7-16-12(11)13/h3-6H,7H2,1-2H3. The van der Waals surface area contributed by atoms with E-state index in [2.05, 4.69) is 0 Å². The number of hydrogen-bond acceptors (Lipinski definition) is 4. The first-order valence-corrected chi connectivity index (χ1v) is 4.85. The van der Waals surface area contributed by atoms with Crippen molar-refractivity contribution < 1.29 is 19.0 Å². The molecule has 1 aromatic carbocycles. The summed E-state index contributed by atoms with van der Waals surface area (Å²) in [7, 11) is 3.12. The Morgan fingerprint density at radius 1 is 1.12 bits per heavy atom. The van der Waals surface area contributed by atoms with Crippen molar-refractivity contribution in [1.29, 1.82) is 0 Å². The quantitative estimate of drug-likeness (QED) is 0.726. The van der Waals surface area contributed by atoms with E-state index < -0.39 is 0 Å². The number of carbonyl (C=O) groups is 1. The van der Waals surface area contributed by atoms with Gasteiger partial charge in [0.15, 0.2) is 0 Å². The number of hydrogen-bond donors (Lipinski definition) is 0. The molecular formula is C12H12O4. The van der Waals surface area contributed by atoms with E-state index >= 15 is 0 Å². The predicted octanol–water partition coefficient (Wildman–Crippen LogP) is 1.61. The summed E-state index contributed by atoms with van der Waals surface area (Å²) in [5, 5.41) is 0. The van der Waals surface area contributed by atoms with E-state index in [4.69, 9.17) is 14.2 Å². The fourth-order valence-electron chi connectivity index (χ4n) is 1.59. The third-order valence-corrected chi connectivity index (χ3v) is 2.44. The molecule has 1 aliphatic rings. The summed E-state index contributed by atoms with van der Waals surface area (Å²) in [4.78, 5) is 11.5. The van der Waals surface area contributed by atoms with Crippen LogP contribution in [-0.2, 0) is 14.3 Å². The molecule has 1 heterocycles. The Morgan fingerprint density at radius 2 is 1.81 bits per heavy atom. The van der Waals surface area contributed by atoms with E-state index in [1.807, 2.05) is 0 Å². The van der Waals surface area contributed by atoms with Crippen LogP contribution >= 0.6 is 0 Å². The van der Waals surface area contributed by atoms with Crippen molar-refractivity contribution >= 4 is 11.5 Å². The molecule has 0 spiro atoms. The topological polar surface area (TPSA) is 44.8 Å². The van der Waals surface area contributed by atoms with Gasteiger partial charge in [0.05, 0.1) is 14.2 Å². The van der Waals surface area contributed by atoms with Crippen LogP contribution in [0.25, 0.3) is 5.57 Å². The minimum Gasteiger partial charge on any atom is -0.497 e. The van der Waals surface area contributed by atoms with Crippen molar-refractivity contribution in [3.63, 3.8) is 0 Å². The van der Waals surface area contributed by atoms with Crippen LogP contribution in [0.1, 0.15) is 5.56 Å². The lowest BCUT2D eigenvalue weighted by Crippen LogP contribution is -1.98. The summed E-state index contributed by atoms with van der Waals surface area (Å²) in [5.74, 6) is 0.965. The summed E-state index contributed by atoms with van der Waals surface area (Å²) >= 11 is 0. The van der Waals surface area contributed by atoms with E-state index in [1.54, 1.807) is 31.4 Å². The first-order chi connectivity index (χ1) is 7.76. The second-order valence-corrected chi connectivity index (χ2v) is 3.31. The largest absolute Gasteiger partial charge is 0.497 e. The maximum atomic E-state index is 11.5. The molecule has 0 aromatic heterocycles. The van der Waals surface area contributed by atoms with Gasteiger partial charge in [-0.05, 0) is 17.7 Å². The highest BCUT2D eigenvalue weighted by Gasteiger charge is 2.27. The van der Waals surface area contributed by atoms with Crippen LogP contribution in [0, 0.1) is 0 Å². The number of cyclic esters (lactones) is 1. The molecule has 0 saturated heterocycles. The molecule has 0 atom stereocenters. The van der Waals surface area contributed by atoms with Gasteiger partial charge < -0.3 is 14.2 Å². The fraction of sp³-hybridized carbons (Fsp3) is 0.250. The average molecular weight is 220 g/mol. The van der Waals surface area contributed by atoms with E-state index in [9.17, 15) is 4.79 Å². The summed E-state index contributed by atoms with van der Waals surface area (Å²) in [5.41, 5.74) is 1.27. The van der Waals surface area contributed by atoms with Crippen LogP contribution in [0.2, 0.25) is 0 Å². The van der Waals surface area contributed by atoms with Gasteiger partial charge in [-0.1, -0.05) is 12.1 Å². The molecule has 1 aliphatic heterocycles. The van der Waals surface area contributed by atoms with Crippen molar-refractivity contribution in [2.75, 3.05) is 20.8 Å². The molecule has 1 aromatic rings. The average Bonchev–Trinajstić information content (AvgIpc) is 2.70. The second kappa shape index (κ2) is 4.26. The summed E-state index contributed by atoms with van der Waals surface area (Å²) in [6, 6.07) is 7.20. The predicted molar refractivity (Wildman–Crippen MR) is 57.9 cm³/mol. The molecule has 0 unspecified atom stereocenters. The van der Waals surface area contributed by atoms with Crippen molar-refractivity contribution in [3.8, 4) is 5.75 Å². The third-order valence-electron chi connectivity index (χ3n) is 2.44. The van der Waals surface area contributed by atoms with Crippen molar-refractivity contribution in [3.05, 3.63) is 35.6 Å². The van der Waals surface area contributed by atoms with Gasteiger partial charge in [0.1, 0.15) is 23.7 Å². The first-order valence-electron chi connectivity index (χ1n) is 4.85. The van der Waals surface area contributed by atoms with Gasteiger partial charge in [-0.3, -0.25) is 0 Å². The Morgan fingerprint density at radius 3 is 2.38 bits per heavy atom. The Balaban J connectivity index is 2.38. The zero-order valence-corrected chi connectivity index (χ0v) is 9.15. The molecule has 16 heavy (non-hydrogen) atoms. The molecule has 2 rings (SSSR count). The van der Waals surface area contributed by atoms with Crippen LogP contribution in [0.3, 0.4) is 0 Å². The van der Waals surface area contributed by atoms with Crippen molar-refractivity contribution in [2.24, 2.45) is 0 Å². The van der Waals surface area contributed by atoms with E-state index in [1.165, 1.54) is 7.11 Å². The number of ether oxygens (including phenoxy) is 3. The summed E-state index contributed by atoms with van der Waals surface area (Å²) in [6.45, 7) is 0.205. The SMILES string of the molecule is COC1=C(c2ccc(OC)cc2)C(=O)OC1. The lowest BCUT2D eigenvalue weighted by atomic mass is 10.1. The molecule has 4 heteroatoms. The van der Waals surface area contributed by atoms with Gasteiger partial charge in [-0.25, -0.2) is 4.79 Å². The van der Waals surface area contributed by atoms with Crippen LogP contribution in [0.4, 0.5) is 0 Å². The Bertz CT molecular complexity index is 431. The second-order valence-electron chi connectivity index (χ2n) is 3.31. The van der Waals surface area contributed by atoms with Gasteiger partial charge in [0, 0.05) is 0 Å². The molecular weight excluding hydrogens is 208 g/mol. The van der Waals surface area contributed by atoms with Crippen LogP contribution < -0.4 is 4.74 Å². The van der Waals surface area contributed by atoms with Gasteiger partial charge in [-0.2, -0.15) is 0 Å². The van der Waals surface area contributed by atoms with E-state index in [-0.39, 0.29) is 12.6 Å². The maximum absolute atomic E-state index is 11.5. The molecule has 84 valence electrons. The molecule has 0 fully saturated rings. The normalized spacial score (nSPS) is 15.0. The highest BCUT2D eigenvalue weighted by Crippen LogP contribution is 2.27. The Hall–Kier alpha value is -1.97. The van der Waals surface area contributed by atoms with E-state index in [0.29, 0.717) is 11.3 Å². The highest BCUT2D eigenvalue weighted by molar-refractivity contribution is 6.18. The Labute approximate surface area is 93.4 Å².